The third kappa shape index (κ3) is 4.20. The normalized spacial score (nSPS) is 23.0. The van der Waals surface area contributed by atoms with Crippen molar-refractivity contribution < 1.29 is 9.18 Å². The van der Waals surface area contributed by atoms with E-state index < -0.39 is 6.17 Å². The Morgan fingerprint density at radius 2 is 2.12 bits per heavy atom. The van der Waals surface area contributed by atoms with E-state index in [4.69, 9.17) is 0 Å². The van der Waals surface area contributed by atoms with Crippen molar-refractivity contribution >= 4 is 54.2 Å². The van der Waals surface area contributed by atoms with Gasteiger partial charge in [0.2, 0.25) is 5.91 Å². The first-order valence-corrected chi connectivity index (χ1v) is 9.67. The van der Waals surface area contributed by atoms with Gasteiger partial charge >= 0.3 is 0 Å². The predicted octanol–water partition coefficient (Wildman–Crippen LogP) is 5.47. The Labute approximate surface area is 159 Å². The molecule has 1 N–H and O–H groups in total. The molecule has 1 aromatic carbocycles. The Bertz CT molecular complexity index is 792. The van der Waals surface area contributed by atoms with Gasteiger partial charge in [-0.2, -0.15) is 0 Å². The molecule has 1 aliphatic carbocycles. The Hall–Kier alpha value is -1.31. The van der Waals surface area contributed by atoms with E-state index in [1.807, 2.05) is 18.2 Å². The number of nitrogens with one attached hydrogen (secondary N) is 1. The van der Waals surface area contributed by atoms with E-state index in [1.165, 1.54) is 17.4 Å². The Morgan fingerprint density at radius 1 is 1.29 bits per heavy atom. The second-order valence-electron chi connectivity index (χ2n) is 5.29. The highest BCUT2D eigenvalue weighted by molar-refractivity contribution is 9.13. The van der Waals surface area contributed by atoms with Crippen LogP contribution in [0.25, 0.3) is 0 Å². The molecule has 3 nitrogen and oxygen atoms in total. The summed E-state index contributed by atoms with van der Waals surface area (Å²) in [4.78, 5) is 15.6. The molecule has 1 saturated carbocycles. The van der Waals surface area contributed by atoms with E-state index in [0.717, 1.165) is 14.5 Å². The minimum absolute atomic E-state index is 0.122. The summed E-state index contributed by atoms with van der Waals surface area (Å²) in [6.07, 6.45) is 7.28. The van der Waals surface area contributed by atoms with Crippen molar-refractivity contribution in [1.29, 1.82) is 0 Å². The number of hydrogen-bond acceptors (Lipinski definition) is 3. The lowest BCUT2D eigenvalue weighted by atomic mass is 10.1. The fraction of sp³-hybridized carbons (Fsp3) is 0.176. The van der Waals surface area contributed by atoms with Crippen molar-refractivity contribution in [2.45, 2.75) is 12.1 Å². The van der Waals surface area contributed by atoms with Gasteiger partial charge in [-0.05, 0) is 49.6 Å². The van der Waals surface area contributed by atoms with Crippen molar-refractivity contribution in [1.82, 2.24) is 4.98 Å². The summed E-state index contributed by atoms with van der Waals surface area (Å²) in [5.74, 6) is -0.525. The first-order chi connectivity index (χ1) is 11.6. The van der Waals surface area contributed by atoms with Crippen LogP contribution in [0.1, 0.15) is 11.5 Å². The van der Waals surface area contributed by atoms with Crippen molar-refractivity contribution in [2.75, 3.05) is 5.32 Å². The topological polar surface area (TPSA) is 42.0 Å². The van der Waals surface area contributed by atoms with Gasteiger partial charge in [0.25, 0.3) is 0 Å². The molecule has 3 unspecified atom stereocenters. The smallest absolute Gasteiger partial charge is 0.250 e. The number of nitrogens with zero attached hydrogens (tertiary/aromatic N) is 1. The lowest BCUT2D eigenvalue weighted by molar-refractivity contribution is -0.111. The van der Waals surface area contributed by atoms with Gasteiger partial charge in [-0.3, -0.25) is 10.1 Å². The second-order valence-corrected chi connectivity index (χ2v) is 7.89. The van der Waals surface area contributed by atoms with Crippen LogP contribution < -0.4 is 5.32 Å². The number of allylic oxidation sites excluding steroid dienone is 3. The zero-order valence-electron chi connectivity index (χ0n) is 12.3. The number of carbonyl (C=O) groups excluding carboxylic acids is 1. The van der Waals surface area contributed by atoms with Crippen molar-refractivity contribution in [3.8, 4) is 0 Å². The zero-order chi connectivity index (χ0) is 17.1. The Balaban J connectivity index is 1.54. The number of carbonyl (C=O) groups is 1. The molecule has 7 heteroatoms. The fourth-order valence-electron chi connectivity index (χ4n) is 2.41. The molecule has 1 aromatic heterocycles. The van der Waals surface area contributed by atoms with Crippen molar-refractivity contribution in [2.24, 2.45) is 5.92 Å². The van der Waals surface area contributed by atoms with E-state index in [-0.39, 0.29) is 17.7 Å². The molecule has 0 bridgehead atoms. The minimum atomic E-state index is -0.883. The van der Waals surface area contributed by atoms with Crippen LogP contribution in [0.2, 0.25) is 0 Å². The van der Waals surface area contributed by atoms with Crippen LogP contribution in [0.5, 0.6) is 0 Å². The predicted molar refractivity (Wildman–Crippen MR) is 102 cm³/mol. The van der Waals surface area contributed by atoms with Gasteiger partial charge < -0.3 is 0 Å². The first kappa shape index (κ1) is 17.5. The van der Waals surface area contributed by atoms with Gasteiger partial charge in [0.15, 0.2) is 5.13 Å². The van der Waals surface area contributed by atoms with Crippen LogP contribution >= 0.6 is 43.2 Å². The SMILES string of the molecule is O=C(/C=C/C=C/C1C(F)C1c1ccc(Br)c(Br)c1)Nc1nccs1. The average molecular weight is 472 g/mol. The lowest BCUT2D eigenvalue weighted by Crippen LogP contribution is -2.06. The third-order valence-electron chi connectivity index (χ3n) is 3.67. The van der Waals surface area contributed by atoms with E-state index in [0.29, 0.717) is 5.13 Å². The van der Waals surface area contributed by atoms with E-state index in [1.54, 1.807) is 29.8 Å². The molecule has 3 atom stereocenters. The highest BCUT2D eigenvalue weighted by Crippen LogP contribution is 2.51. The number of aromatic nitrogens is 1. The van der Waals surface area contributed by atoms with Gasteiger partial charge in [0.1, 0.15) is 6.17 Å². The molecular weight excluding hydrogens is 459 g/mol. The van der Waals surface area contributed by atoms with Crippen LogP contribution in [-0.4, -0.2) is 17.1 Å². The van der Waals surface area contributed by atoms with Crippen molar-refractivity contribution in [3.63, 3.8) is 0 Å². The van der Waals surface area contributed by atoms with Crippen LogP contribution in [0.4, 0.5) is 9.52 Å². The highest BCUT2D eigenvalue weighted by Gasteiger charge is 2.50. The summed E-state index contributed by atoms with van der Waals surface area (Å²) in [5, 5.41) is 4.99. The summed E-state index contributed by atoms with van der Waals surface area (Å²) < 4.78 is 15.9. The number of rotatable bonds is 5. The monoisotopic (exact) mass is 470 g/mol. The van der Waals surface area contributed by atoms with Gasteiger partial charge in [-0.25, -0.2) is 9.37 Å². The number of thiazole rings is 1. The lowest BCUT2D eigenvalue weighted by Gasteiger charge is -2.01. The molecule has 1 amide bonds. The zero-order valence-corrected chi connectivity index (χ0v) is 16.3. The van der Waals surface area contributed by atoms with Gasteiger partial charge in [0, 0.05) is 38.4 Å². The van der Waals surface area contributed by atoms with Crippen LogP contribution in [-0.2, 0) is 4.79 Å². The van der Waals surface area contributed by atoms with Gasteiger partial charge in [0.05, 0.1) is 0 Å². The summed E-state index contributed by atoms with van der Waals surface area (Å²) in [7, 11) is 0. The molecule has 24 heavy (non-hydrogen) atoms. The molecule has 124 valence electrons. The molecule has 1 heterocycles. The highest BCUT2D eigenvalue weighted by atomic mass is 79.9. The molecule has 0 aliphatic heterocycles. The fourth-order valence-corrected chi connectivity index (χ4v) is 3.59. The van der Waals surface area contributed by atoms with Crippen LogP contribution in [0.15, 0.2) is 63.0 Å². The maximum absolute atomic E-state index is 14.0. The molecule has 0 saturated heterocycles. The summed E-state index contributed by atoms with van der Waals surface area (Å²) in [6, 6.07) is 5.78. The number of benzene rings is 1. The third-order valence-corrected chi connectivity index (χ3v) is 6.24. The molecule has 0 radical (unpaired) electrons. The van der Waals surface area contributed by atoms with E-state index >= 15 is 0 Å². The number of hydrogen-bond donors (Lipinski definition) is 1. The number of halogens is 3. The van der Waals surface area contributed by atoms with Crippen molar-refractivity contribution in [3.05, 3.63) is 68.6 Å². The molecule has 2 aromatic rings. The van der Waals surface area contributed by atoms with Gasteiger partial charge in [-0.15, -0.1) is 11.3 Å². The maximum Gasteiger partial charge on any atom is 0.250 e. The summed E-state index contributed by atoms with van der Waals surface area (Å²) >= 11 is 8.20. The second kappa shape index (κ2) is 7.72. The van der Waals surface area contributed by atoms with E-state index in [2.05, 4.69) is 42.2 Å². The largest absolute Gasteiger partial charge is 0.298 e. The quantitative estimate of drug-likeness (QED) is 0.464. The molecule has 1 aliphatic rings. The number of anilines is 1. The first-order valence-electron chi connectivity index (χ1n) is 7.20. The van der Waals surface area contributed by atoms with E-state index in [9.17, 15) is 9.18 Å². The van der Waals surface area contributed by atoms with Crippen LogP contribution in [0.3, 0.4) is 0 Å². The standard InChI is InChI=1S/C17H13Br2FN2OS/c18-12-6-5-10(9-13(12)19)15-11(16(15)20)3-1-2-4-14(23)22-17-21-7-8-24-17/h1-9,11,15-16H,(H,21,22,23)/b3-1+,4-2+. The molecule has 1 fully saturated rings. The summed E-state index contributed by atoms with van der Waals surface area (Å²) in [5.41, 5.74) is 0.970. The number of amides is 1. The van der Waals surface area contributed by atoms with Gasteiger partial charge in [-0.1, -0.05) is 24.3 Å². The number of alkyl halides is 1. The average Bonchev–Trinajstić information content (AvgIpc) is 2.95. The Morgan fingerprint density at radius 3 is 2.83 bits per heavy atom. The minimum Gasteiger partial charge on any atom is -0.298 e. The molecular formula is C17H13Br2FN2OS. The Kier molecular flexibility index (Phi) is 5.63. The maximum atomic E-state index is 14.0. The molecule has 3 rings (SSSR count). The molecule has 0 spiro atoms. The van der Waals surface area contributed by atoms with Crippen LogP contribution in [0, 0.1) is 5.92 Å². The summed E-state index contributed by atoms with van der Waals surface area (Å²) in [6.45, 7) is 0.